The number of pyridine rings is 2. The quantitative estimate of drug-likeness (QED) is 0.186. The predicted molar refractivity (Wildman–Crippen MR) is 170 cm³/mol. The van der Waals surface area contributed by atoms with Gasteiger partial charge in [0.15, 0.2) is 11.5 Å². The first-order valence-electron chi connectivity index (χ1n) is 13.8. The van der Waals surface area contributed by atoms with Gasteiger partial charge >= 0.3 is 5.69 Å². The van der Waals surface area contributed by atoms with E-state index in [1.54, 1.807) is 29.5 Å². The number of halogens is 2. The topological polar surface area (TPSA) is 84.2 Å². The second-order valence-electron chi connectivity index (χ2n) is 10.5. The van der Waals surface area contributed by atoms with E-state index in [1.807, 2.05) is 38.0 Å². The Labute approximate surface area is 257 Å². The van der Waals surface area contributed by atoms with E-state index in [2.05, 4.69) is 16.5 Å². The Balaban J connectivity index is 1.86. The highest BCUT2D eigenvalue weighted by atomic mass is 32.2. The molecule has 224 valence electrons. The van der Waals surface area contributed by atoms with Crippen molar-refractivity contribution in [2.24, 2.45) is 0 Å². The molecule has 1 amide bonds. The minimum absolute atomic E-state index is 0.0250. The van der Waals surface area contributed by atoms with E-state index in [0.717, 1.165) is 4.90 Å². The van der Waals surface area contributed by atoms with Crippen LogP contribution >= 0.6 is 23.5 Å². The average Bonchev–Trinajstić information content (AvgIpc) is 3.00. The van der Waals surface area contributed by atoms with Crippen molar-refractivity contribution in [1.82, 2.24) is 24.4 Å². The van der Waals surface area contributed by atoms with Crippen molar-refractivity contribution in [2.75, 3.05) is 37.0 Å². The molecule has 3 aromatic heterocycles. The molecule has 0 N–H and O–H groups in total. The molecule has 0 spiro atoms. The van der Waals surface area contributed by atoms with Gasteiger partial charge in [-0.3, -0.25) is 9.78 Å². The van der Waals surface area contributed by atoms with Crippen LogP contribution in [0, 0.1) is 11.6 Å². The van der Waals surface area contributed by atoms with Crippen LogP contribution in [0.15, 0.2) is 63.8 Å². The number of carbonyl (C=O) groups excluding carboxylic acids is 1. The summed E-state index contributed by atoms with van der Waals surface area (Å²) in [5, 5.41) is 0.295. The van der Waals surface area contributed by atoms with Crippen LogP contribution in [0.3, 0.4) is 0 Å². The van der Waals surface area contributed by atoms with Gasteiger partial charge in [-0.05, 0) is 55.7 Å². The number of aromatic nitrogens is 4. The SMILES string of the molecule is C=CC(=O)N1CCN(c2nc(=O)n(-c3c(SC)ccnc3C(C)C)c3nc(-c4c(F)cccc4SC)c(F)cc23)[C@@H](C)C1. The molecule has 4 aromatic rings. The van der Waals surface area contributed by atoms with E-state index in [9.17, 15) is 9.59 Å². The lowest BCUT2D eigenvalue weighted by Crippen LogP contribution is -2.54. The summed E-state index contributed by atoms with van der Waals surface area (Å²) in [6, 6.07) is 7.38. The summed E-state index contributed by atoms with van der Waals surface area (Å²) < 4.78 is 32.8. The van der Waals surface area contributed by atoms with Crippen molar-refractivity contribution in [3.8, 4) is 16.9 Å². The smallest absolute Gasteiger partial charge is 0.350 e. The standard InChI is InChI=1S/C31H32F2N6O2S2/c1-7-24(40)37-13-14-38(18(4)16-37)29-19-15-21(33)27(25-20(32)9-8-10-22(25)42-5)35-30(19)39(31(41)36-29)28-23(43-6)11-12-34-26(28)17(2)3/h7-12,15,17-18H,1,13-14,16H2,2-6H3/t18-/m0/s1. The van der Waals surface area contributed by atoms with Crippen LogP contribution in [0.4, 0.5) is 14.6 Å². The van der Waals surface area contributed by atoms with Gasteiger partial charge in [0.05, 0.1) is 22.3 Å². The molecule has 0 unspecified atom stereocenters. The molecule has 1 saturated heterocycles. The first kappa shape index (κ1) is 30.7. The van der Waals surface area contributed by atoms with Gasteiger partial charge in [0.25, 0.3) is 0 Å². The van der Waals surface area contributed by atoms with Crippen molar-refractivity contribution >= 4 is 46.3 Å². The van der Waals surface area contributed by atoms with Gasteiger partial charge in [-0.1, -0.05) is 26.5 Å². The largest absolute Gasteiger partial charge is 0.355 e. The highest BCUT2D eigenvalue weighted by molar-refractivity contribution is 7.99. The minimum atomic E-state index is -0.741. The van der Waals surface area contributed by atoms with E-state index in [4.69, 9.17) is 4.98 Å². The molecule has 0 aliphatic carbocycles. The zero-order valence-corrected chi connectivity index (χ0v) is 26.2. The third-order valence-electron chi connectivity index (χ3n) is 7.53. The summed E-state index contributed by atoms with van der Waals surface area (Å²) in [5.41, 5.74) is 0.513. The molecular formula is C31H32F2N6O2S2. The van der Waals surface area contributed by atoms with Gasteiger partial charge in [0.1, 0.15) is 17.3 Å². The maximum Gasteiger partial charge on any atom is 0.355 e. The number of hydrogen-bond donors (Lipinski definition) is 0. The van der Waals surface area contributed by atoms with Gasteiger partial charge < -0.3 is 9.80 Å². The summed E-state index contributed by atoms with van der Waals surface area (Å²) in [6.45, 7) is 10.5. The highest BCUT2D eigenvalue weighted by Crippen LogP contribution is 2.38. The van der Waals surface area contributed by atoms with E-state index >= 15 is 8.78 Å². The van der Waals surface area contributed by atoms with Gasteiger partial charge in [0.2, 0.25) is 5.91 Å². The number of hydrogen-bond acceptors (Lipinski definition) is 8. The molecule has 1 aliphatic rings. The summed E-state index contributed by atoms with van der Waals surface area (Å²) in [7, 11) is 0. The van der Waals surface area contributed by atoms with Crippen LogP contribution in [0.1, 0.15) is 32.4 Å². The number of nitrogens with zero attached hydrogens (tertiary/aromatic N) is 6. The van der Waals surface area contributed by atoms with E-state index < -0.39 is 17.3 Å². The predicted octanol–water partition coefficient (Wildman–Crippen LogP) is 5.91. The normalized spacial score (nSPS) is 15.4. The number of benzene rings is 1. The molecule has 1 aliphatic heterocycles. The molecule has 0 saturated carbocycles. The molecule has 1 aromatic carbocycles. The zero-order valence-electron chi connectivity index (χ0n) is 24.6. The van der Waals surface area contributed by atoms with E-state index in [-0.39, 0.29) is 40.6 Å². The first-order chi connectivity index (χ1) is 20.6. The molecule has 0 bridgehead atoms. The Morgan fingerprint density at radius 2 is 1.84 bits per heavy atom. The lowest BCUT2D eigenvalue weighted by molar-refractivity contribution is -0.126. The molecule has 5 rings (SSSR count). The van der Waals surface area contributed by atoms with Crippen LogP contribution < -0.4 is 10.6 Å². The number of carbonyl (C=O) groups is 1. The summed E-state index contributed by atoms with van der Waals surface area (Å²) in [6.07, 6.45) is 6.63. The Morgan fingerprint density at radius 3 is 2.49 bits per heavy atom. The van der Waals surface area contributed by atoms with Gasteiger partial charge in [-0.15, -0.1) is 23.5 Å². The van der Waals surface area contributed by atoms with Crippen molar-refractivity contribution in [3.05, 3.63) is 77.0 Å². The fourth-order valence-corrected chi connectivity index (χ4v) is 6.67. The van der Waals surface area contributed by atoms with Crippen LogP contribution in [-0.4, -0.2) is 68.5 Å². The number of rotatable bonds is 7. The Kier molecular flexibility index (Phi) is 8.89. The van der Waals surface area contributed by atoms with E-state index in [0.29, 0.717) is 41.3 Å². The third kappa shape index (κ3) is 5.53. The lowest BCUT2D eigenvalue weighted by Gasteiger charge is -2.40. The molecule has 12 heteroatoms. The van der Waals surface area contributed by atoms with E-state index in [1.165, 1.54) is 46.3 Å². The number of amides is 1. The molecule has 43 heavy (non-hydrogen) atoms. The third-order valence-corrected chi connectivity index (χ3v) is 9.07. The van der Waals surface area contributed by atoms with Gasteiger partial charge in [-0.2, -0.15) is 4.98 Å². The van der Waals surface area contributed by atoms with Crippen molar-refractivity contribution in [3.63, 3.8) is 0 Å². The number of piperazine rings is 1. The van der Waals surface area contributed by atoms with Crippen LogP contribution in [0.2, 0.25) is 0 Å². The fraction of sp³-hybridized carbons (Fsp3) is 0.323. The van der Waals surface area contributed by atoms with Crippen LogP contribution in [0.25, 0.3) is 28.0 Å². The molecule has 0 radical (unpaired) electrons. The van der Waals surface area contributed by atoms with Crippen molar-refractivity contribution < 1.29 is 13.6 Å². The van der Waals surface area contributed by atoms with Crippen LogP contribution in [0.5, 0.6) is 0 Å². The maximum absolute atomic E-state index is 16.1. The number of anilines is 1. The first-order valence-corrected chi connectivity index (χ1v) is 16.2. The van der Waals surface area contributed by atoms with Crippen molar-refractivity contribution in [2.45, 2.75) is 42.5 Å². The number of thioether (sulfide) groups is 2. The molecule has 4 heterocycles. The number of fused-ring (bicyclic) bond motifs is 1. The monoisotopic (exact) mass is 622 g/mol. The van der Waals surface area contributed by atoms with Crippen molar-refractivity contribution in [1.29, 1.82) is 0 Å². The van der Waals surface area contributed by atoms with Gasteiger partial charge in [0, 0.05) is 41.7 Å². The zero-order chi connectivity index (χ0) is 31.0. The lowest BCUT2D eigenvalue weighted by atomic mass is 10.1. The van der Waals surface area contributed by atoms with Gasteiger partial charge in [-0.25, -0.2) is 23.1 Å². The Bertz CT molecular complexity index is 1790. The maximum atomic E-state index is 16.1. The molecular weight excluding hydrogens is 591 g/mol. The average molecular weight is 623 g/mol. The summed E-state index contributed by atoms with van der Waals surface area (Å²) in [5.74, 6) is -1.35. The summed E-state index contributed by atoms with van der Waals surface area (Å²) >= 11 is 2.72. The fourth-order valence-electron chi connectivity index (χ4n) is 5.47. The molecule has 8 nitrogen and oxygen atoms in total. The Hall–Kier alpha value is -3.77. The second kappa shape index (κ2) is 12.5. The molecule has 1 atom stereocenters. The second-order valence-corrected chi connectivity index (χ2v) is 12.2. The highest BCUT2D eigenvalue weighted by Gasteiger charge is 2.31. The Morgan fingerprint density at radius 1 is 1.09 bits per heavy atom. The molecule has 1 fully saturated rings. The minimum Gasteiger partial charge on any atom is -0.350 e. The summed E-state index contributed by atoms with van der Waals surface area (Å²) in [4.78, 5) is 45.0. The van der Waals surface area contributed by atoms with Crippen LogP contribution in [-0.2, 0) is 4.79 Å².